The molecular weight excluding hydrogens is 168 g/mol. The van der Waals surface area contributed by atoms with Gasteiger partial charge in [0.2, 0.25) is 0 Å². The molecule has 2 fully saturated rings. The Hall–Kier alpha value is -0.120. The minimum Gasteiger partial charge on any atom is -0.394 e. The molecule has 2 aliphatic rings. The molecule has 0 aromatic rings. The molecule has 3 atom stereocenters. The summed E-state index contributed by atoms with van der Waals surface area (Å²) in [6, 6.07) is 0. The third kappa shape index (κ3) is 1.73. The van der Waals surface area contributed by atoms with Crippen molar-refractivity contribution >= 4 is 0 Å². The maximum Gasteiger partial charge on any atom is 0.0859 e. The predicted octanol–water partition coefficient (Wildman–Crippen LogP) is 0.951. The van der Waals surface area contributed by atoms with Gasteiger partial charge in [0.1, 0.15) is 0 Å². The molecule has 0 aliphatic carbocycles. The zero-order valence-corrected chi connectivity index (χ0v) is 8.32. The van der Waals surface area contributed by atoms with Crippen molar-refractivity contribution in [3.63, 3.8) is 0 Å². The van der Waals surface area contributed by atoms with Gasteiger partial charge in [-0.1, -0.05) is 0 Å². The lowest BCUT2D eigenvalue weighted by atomic mass is 9.87. The van der Waals surface area contributed by atoms with Crippen molar-refractivity contribution in [2.75, 3.05) is 13.2 Å². The molecule has 0 aromatic carbocycles. The van der Waals surface area contributed by atoms with Crippen LogP contribution in [0.2, 0.25) is 0 Å². The maximum atomic E-state index is 9.13. The highest BCUT2D eigenvalue weighted by molar-refractivity contribution is 4.93. The van der Waals surface area contributed by atoms with Crippen LogP contribution in [0.4, 0.5) is 0 Å². The van der Waals surface area contributed by atoms with E-state index in [1.165, 1.54) is 0 Å². The highest BCUT2D eigenvalue weighted by Crippen LogP contribution is 2.40. The number of ether oxygens (including phenoxy) is 2. The van der Waals surface area contributed by atoms with E-state index < -0.39 is 0 Å². The van der Waals surface area contributed by atoms with Crippen molar-refractivity contribution in [2.24, 2.45) is 5.92 Å². The lowest BCUT2D eigenvalue weighted by molar-refractivity contribution is -0.107. The summed E-state index contributed by atoms with van der Waals surface area (Å²) in [7, 11) is 0. The number of fused-ring (bicyclic) bond motifs is 1. The van der Waals surface area contributed by atoms with Gasteiger partial charge in [-0.05, 0) is 26.7 Å². The van der Waals surface area contributed by atoms with Gasteiger partial charge in [-0.3, -0.25) is 0 Å². The second-order valence-corrected chi connectivity index (χ2v) is 4.66. The maximum absolute atomic E-state index is 9.13. The summed E-state index contributed by atoms with van der Waals surface area (Å²) in [6.45, 7) is 5.07. The normalized spacial score (nSPS) is 43.2. The molecular formula is C10H18O3. The molecule has 13 heavy (non-hydrogen) atoms. The van der Waals surface area contributed by atoms with Crippen molar-refractivity contribution in [1.29, 1.82) is 0 Å². The van der Waals surface area contributed by atoms with Crippen LogP contribution in [-0.4, -0.2) is 36.1 Å². The SMILES string of the molecule is CC1(C)CC2C(CO)OCCC2O1. The van der Waals surface area contributed by atoms with Gasteiger partial charge >= 0.3 is 0 Å². The molecule has 0 saturated carbocycles. The largest absolute Gasteiger partial charge is 0.394 e. The van der Waals surface area contributed by atoms with Crippen LogP contribution >= 0.6 is 0 Å². The third-order valence-corrected chi connectivity index (χ3v) is 3.07. The van der Waals surface area contributed by atoms with Gasteiger partial charge in [-0.2, -0.15) is 0 Å². The first-order chi connectivity index (χ1) is 6.12. The first kappa shape index (κ1) is 9.44. The molecule has 0 spiro atoms. The Morgan fingerprint density at radius 1 is 1.46 bits per heavy atom. The molecule has 3 heteroatoms. The first-order valence-corrected chi connectivity index (χ1v) is 5.03. The lowest BCUT2D eigenvalue weighted by Gasteiger charge is -2.31. The summed E-state index contributed by atoms with van der Waals surface area (Å²) in [5.41, 5.74) is -0.0313. The van der Waals surface area contributed by atoms with Crippen LogP contribution in [0.5, 0.6) is 0 Å². The highest BCUT2D eigenvalue weighted by Gasteiger charge is 2.45. The molecule has 2 heterocycles. The van der Waals surface area contributed by atoms with E-state index >= 15 is 0 Å². The second kappa shape index (κ2) is 3.23. The Kier molecular flexibility index (Phi) is 2.34. The van der Waals surface area contributed by atoms with Crippen molar-refractivity contribution in [3.05, 3.63) is 0 Å². The van der Waals surface area contributed by atoms with Gasteiger partial charge < -0.3 is 14.6 Å². The molecule has 0 aromatic heterocycles. The summed E-state index contributed by atoms with van der Waals surface area (Å²) in [4.78, 5) is 0. The quantitative estimate of drug-likeness (QED) is 0.662. The highest BCUT2D eigenvalue weighted by atomic mass is 16.5. The van der Waals surface area contributed by atoms with Gasteiger partial charge in [0, 0.05) is 12.5 Å². The van der Waals surface area contributed by atoms with E-state index in [1.807, 2.05) is 0 Å². The van der Waals surface area contributed by atoms with E-state index in [4.69, 9.17) is 14.6 Å². The molecule has 0 radical (unpaired) electrons. The van der Waals surface area contributed by atoms with Crippen molar-refractivity contribution in [3.8, 4) is 0 Å². The Bertz CT molecular complexity index is 191. The molecule has 0 bridgehead atoms. The molecule has 76 valence electrons. The van der Waals surface area contributed by atoms with E-state index in [-0.39, 0.29) is 18.3 Å². The van der Waals surface area contributed by atoms with Gasteiger partial charge in [-0.15, -0.1) is 0 Å². The molecule has 3 unspecified atom stereocenters. The average Bonchev–Trinajstić information content (AvgIpc) is 2.37. The zero-order chi connectivity index (χ0) is 9.47. The summed E-state index contributed by atoms with van der Waals surface area (Å²) in [5, 5.41) is 9.13. The van der Waals surface area contributed by atoms with Crippen molar-refractivity contribution in [2.45, 2.75) is 44.5 Å². The second-order valence-electron chi connectivity index (χ2n) is 4.66. The minimum absolute atomic E-state index is 0.000486. The summed E-state index contributed by atoms with van der Waals surface area (Å²) >= 11 is 0. The van der Waals surface area contributed by atoms with Crippen LogP contribution in [-0.2, 0) is 9.47 Å². The Balaban J connectivity index is 2.08. The van der Waals surface area contributed by atoms with Crippen LogP contribution < -0.4 is 0 Å². The fourth-order valence-electron chi connectivity index (χ4n) is 2.54. The standard InChI is InChI=1S/C10H18O3/c1-10(2)5-7-8(13-10)3-4-12-9(7)6-11/h7-9,11H,3-6H2,1-2H3. The molecule has 0 amide bonds. The van der Waals surface area contributed by atoms with Gasteiger partial charge in [0.25, 0.3) is 0 Å². The van der Waals surface area contributed by atoms with Gasteiger partial charge in [0.15, 0.2) is 0 Å². The van der Waals surface area contributed by atoms with Crippen LogP contribution in [0.1, 0.15) is 26.7 Å². The summed E-state index contributed by atoms with van der Waals surface area (Å²) < 4.78 is 11.4. The van der Waals surface area contributed by atoms with E-state index in [1.54, 1.807) is 0 Å². The van der Waals surface area contributed by atoms with Crippen LogP contribution in [0.15, 0.2) is 0 Å². The smallest absolute Gasteiger partial charge is 0.0859 e. The van der Waals surface area contributed by atoms with Crippen LogP contribution in [0.25, 0.3) is 0 Å². The fraction of sp³-hybridized carbons (Fsp3) is 1.00. The van der Waals surface area contributed by atoms with E-state index in [0.29, 0.717) is 12.0 Å². The fourth-order valence-corrected chi connectivity index (χ4v) is 2.54. The van der Waals surface area contributed by atoms with E-state index in [0.717, 1.165) is 19.4 Å². The lowest BCUT2D eigenvalue weighted by Crippen LogP contribution is -2.39. The Morgan fingerprint density at radius 2 is 2.23 bits per heavy atom. The molecule has 2 rings (SSSR count). The topological polar surface area (TPSA) is 38.7 Å². The van der Waals surface area contributed by atoms with Crippen molar-refractivity contribution < 1.29 is 14.6 Å². The summed E-state index contributed by atoms with van der Waals surface area (Å²) in [6.07, 6.45) is 2.29. The monoisotopic (exact) mass is 186 g/mol. The van der Waals surface area contributed by atoms with E-state index in [9.17, 15) is 0 Å². The minimum atomic E-state index is -0.0313. The number of hydrogen-bond acceptors (Lipinski definition) is 3. The molecule has 2 aliphatic heterocycles. The van der Waals surface area contributed by atoms with Crippen LogP contribution in [0.3, 0.4) is 0 Å². The average molecular weight is 186 g/mol. The zero-order valence-electron chi connectivity index (χ0n) is 8.32. The van der Waals surface area contributed by atoms with Crippen LogP contribution in [0, 0.1) is 5.92 Å². The number of aliphatic hydroxyl groups is 1. The number of aliphatic hydroxyl groups excluding tert-OH is 1. The Morgan fingerprint density at radius 3 is 2.92 bits per heavy atom. The van der Waals surface area contributed by atoms with E-state index in [2.05, 4.69) is 13.8 Å². The van der Waals surface area contributed by atoms with Gasteiger partial charge in [-0.25, -0.2) is 0 Å². The Labute approximate surface area is 79.0 Å². The molecule has 2 saturated heterocycles. The predicted molar refractivity (Wildman–Crippen MR) is 48.5 cm³/mol. The molecule has 3 nitrogen and oxygen atoms in total. The summed E-state index contributed by atoms with van der Waals surface area (Å²) in [5.74, 6) is 0.397. The number of rotatable bonds is 1. The van der Waals surface area contributed by atoms with Crippen molar-refractivity contribution in [1.82, 2.24) is 0 Å². The third-order valence-electron chi connectivity index (χ3n) is 3.07. The van der Waals surface area contributed by atoms with Gasteiger partial charge in [0.05, 0.1) is 24.4 Å². The molecule has 1 N–H and O–H groups in total. The number of hydrogen-bond donors (Lipinski definition) is 1. The first-order valence-electron chi connectivity index (χ1n) is 5.03.